The second-order valence-corrected chi connectivity index (χ2v) is 6.59. The van der Waals surface area contributed by atoms with E-state index in [2.05, 4.69) is 15.0 Å². The maximum absolute atomic E-state index is 12.6. The zero-order chi connectivity index (χ0) is 14.8. The van der Waals surface area contributed by atoms with E-state index in [0.29, 0.717) is 6.42 Å². The van der Waals surface area contributed by atoms with E-state index in [1.165, 1.54) is 0 Å². The summed E-state index contributed by atoms with van der Waals surface area (Å²) in [7, 11) is 0. The standard InChI is InChI=1S/C15H18N4OS/c1-10-14(21-11(2)18-10)8-15(20)19-7-3-4-13(19)12-5-6-16-9-17-12/h5-6,9,13H,3-4,7-8H2,1-2H3. The van der Waals surface area contributed by atoms with E-state index in [0.717, 1.165) is 40.7 Å². The molecule has 0 bridgehead atoms. The lowest BCUT2D eigenvalue weighted by Crippen LogP contribution is -2.32. The first kappa shape index (κ1) is 14.1. The molecule has 1 aliphatic heterocycles. The number of amides is 1. The van der Waals surface area contributed by atoms with Crippen LogP contribution in [0.1, 0.15) is 40.2 Å². The number of carbonyl (C=O) groups is 1. The van der Waals surface area contributed by atoms with Crippen molar-refractivity contribution in [1.82, 2.24) is 19.9 Å². The molecule has 3 heterocycles. The summed E-state index contributed by atoms with van der Waals surface area (Å²) >= 11 is 1.61. The van der Waals surface area contributed by atoms with Crippen molar-refractivity contribution in [3.8, 4) is 0 Å². The lowest BCUT2D eigenvalue weighted by Gasteiger charge is -2.24. The molecule has 0 aliphatic carbocycles. The Labute approximate surface area is 128 Å². The molecule has 110 valence electrons. The van der Waals surface area contributed by atoms with E-state index in [-0.39, 0.29) is 11.9 Å². The molecule has 1 atom stereocenters. The number of nitrogens with zero attached hydrogens (tertiary/aromatic N) is 4. The minimum absolute atomic E-state index is 0.0924. The third kappa shape index (κ3) is 2.95. The average Bonchev–Trinajstić information content (AvgIpc) is 3.07. The number of aromatic nitrogens is 3. The molecule has 1 amide bonds. The summed E-state index contributed by atoms with van der Waals surface area (Å²) in [4.78, 5) is 28.3. The molecule has 0 N–H and O–H groups in total. The Bertz CT molecular complexity index is 640. The Balaban J connectivity index is 1.76. The first-order chi connectivity index (χ1) is 10.1. The van der Waals surface area contributed by atoms with Gasteiger partial charge in [-0.3, -0.25) is 4.79 Å². The van der Waals surface area contributed by atoms with Gasteiger partial charge in [0, 0.05) is 17.6 Å². The molecule has 0 radical (unpaired) electrons. The van der Waals surface area contributed by atoms with Gasteiger partial charge >= 0.3 is 0 Å². The second kappa shape index (κ2) is 5.89. The number of hydrogen-bond donors (Lipinski definition) is 0. The molecule has 0 aromatic carbocycles. The van der Waals surface area contributed by atoms with Gasteiger partial charge in [0.15, 0.2) is 0 Å². The molecule has 2 aromatic rings. The fourth-order valence-electron chi connectivity index (χ4n) is 2.85. The van der Waals surface area contributed by atoms with E-state index in [1.54, 1.807) is 23.9 Å². The maximum Gasteiger partial charge on any atom is 0.228 e. The highest BCUT2D eigenvalue weighted by Gasteiger charge is 2.31. The minimum atomic E-state index is 0.0924. The third-order valence-electron chi connectivity index (χ3n) is 3.83. The summed E-state index contributed by atoms with van der Waals surface area (Å²) < 4.78 is 0. The normalized spacial score (nSPS) is 18.2. The molecule has 3 rings (SSSR count). The highest BCUT2D eigenvalue weighted by molar-refractivity contribution is 7.11. The summed E-state index contributed by atoms with van der Waals surface area (Å²) in [5.74, 6) is 0.169. The monoisotopic (exact) mass is 302 g/mol. The van der Waals surface area contributed by atoms with Crippen LogP contribution in [0.3, 0.4) is 0 Å². The van der Waals surface area contributed by atoms with Crippen molar-refractivity contribution in [2.24, 2.45) is 0 Å². The topological polar surface area (TPSA) is 59.0 Å². The van der Waals surface area contributed by atoms with Crippen LogP contribution in [0.25, 0.3) is 0 Å². The van der Waals surface area contributed by atoms with Crippen LogP contribution in [0.5, 0.6) is 0 Å². The maximum atomic E-state index is 12.6. The van der Waals surface area contributed by atoms with Crippen molar-refractivity contribution in [3.05, 3.63) is 39.9 Å². The summed E-state index contributed by atoms with van der Waals surface area (Å²) in [6.07, 6.45) is 5.73. The zero-order valence-corrected chi connectivity index (χ0v) is 13.1. The van der Waals surface area contributed by atoms with Gasteiger partial charge in [-0.25, -0.2) is 15.0 Å². The van der Waals surface area contributed by atoms with Gasteiger partial charge in [0.05, 0.1) is 28.9 Å². The van der Waals surface area contributed by atoms with Crippen LogP contribution in [0.2, 0.25) is 0 Å². The highest BCUT2D eigenvalue weighted by atomic mass is 32.1. The first-order valence-corrected chi connectivity index (χ1v) is 7.95. The number of carbonyl (C=O) groups excluding carboxylic acids is 1. The molecule has 1 saturated heterocycles. The number of rotatable bonds is 3. The van der Waals surface area contributed by atoms with Crippen LogP contribution in [0.4, 0.5) is 0 Å². The second-order valence-electron chi connectivity index (χ2n) is 5.30. The molecule has 6 heteroatoms. The van der Waals surface area contributed by atoms with Crippen molar-refractivity contribution < 1.29 is 4.79 Å². The van der Waals surface area contributed by atoms with Crippen LogP contribution in [-0.4, -0.2) is 32.3 Å². The van der Waals surface area contributed by atoms with Gasteiger partial charge in [-0.1, -0.05) is 0 Å². The van der Waals surface area contributed by atoms with Gasteiger partial charge in [0.25, 0.3) is 0 Å². The van der Waals surface area contributed by atoms with Gasteiger partial charge < -0.3 is 4.90 Å². The zero-order valence-electron chi connectivity index (χ0n) is 12.2. The van der Waals surface area contributed by atoms with E-state index in [1.807, 2.05) is 24.8 Å². The van der Waals surface area contributed by atoms with Crippen molar-refractivity contribution in [3.63, 3.8) is 0 Å². The molecule has 1 unspecified atom stereocenters. The summed E-state index contributed by atoms with van der Waals surface area (Å²) in [5, 5.41) is 1.02. The van der Waals surface area contributed by atoms with Gasteiger partial charge in [-0.05, 0) is 32.8 Å². The summed E-state index contributed by atoms with van der Waals surface area (Å²) in [6.45, 7) is 4.76. The van der Waals surface area contributed by atoms with Crippen molar-refractivity contribution in [2.75, 3.05) is 6.54 Å². The SMILES string of the molecule is Cc1nc(C)c(CC(=O)N2CCCC2c2ccncn2)s1. The quantitative estimate of drug-likeness (QED) is 0.874. The van der Waals surface area contributed by atoms with Crippen LogP contribution >= 0.6 is 11.3 Å². The van der Waals surface area contributed by atoms with Gasteiger partial charge in [0.2, 0.25) is 5.91 Å². The molecule has 0 spiro atoms. The summed E-state index contributed by atoms with van der Waals surface area (Å²) in [5.41, 5.74) is 1.91. The Kier molecular flexibility index (Phi) is 3.96. The third-order valence-corrected chi connectivity index (χ3v) is 4.90. The van der Waals surface area contributed by atoms with Crippen molar-refractivity contribution >= 4 is 17.2 Å². The largest absolute Gasteiger partial charge is 0.334 e. The number of hydrogen-bond acceptors (Lipinski definition) is 5. The molecule has 1 fully saturated rings. The molecular weight excluding hydrogens is 284 g/mol. The molecule has 1 aliphatic rings. The molecule has 5 nitrogen and oxygen atoms in total. The van der Waals surface area contributed by atoms with Crippen LogP contribution in [0.15, 0.2) is 18.6 Å². The lowest BCUT2D eigenvalue weighted by atomic mass is 10.1. The molecule has 0 saturated carbocycles. The highest BCUT2D eigenvalue weighted by Crippen LogP contribution is 2.31. The molecule has 21 heavy (non-hydrogen) atoms. The fraction of sp³-hybridized carbons (Fsp3) is 0.467. The fourth-order valence-corrected chi connectivity index (χ4v) is 3.78. The number of thiazole rings is 1. The van der Waals surface area contributed by atoms with Gasteiger partial charge in [-0.2, -0.15) is 0 Å². The number of aryl methyl sites for hydroxylation is 2. The van der Waals surface area contributed by atoms with Gasteiger partial charge in [-0.15, -0.1) is 11.3 Å². The van der Waals surface area contributed by atoms with E-state index in [9.17, 15) is 4.79 Å². The van der Waals surface area contributed by atoms with E-state index >= 15 is 0 Å². The minimum Gasteiger partial charge on any atom is -0.334 e. The summed E-state index contributed by atoms with van der Waals surface area (Å²) in [6, 6.07) is 1.99. The molecular formula is C15H18N4OS. The van der Waals surface area contributed by atoms with Gasteiger partial charge in [0.1, 0.15) is 6.33 Å². The van der Waals surface area contributed by atoms with Crippen molar-refractivity contribution in [1.29, 1.82) is 0 Å². The van der Waals surface area contributed by atoms with Crippen LogP contribution < -0.4 is 0 Å². The van der Waals surface area contributed by atoms with E-state index < -0.39 is 0 Å². The Morgan fingerprint density at radius 2 is 2.33 bits per heavy atom. The number of likely N-dealkylation sites (tertiary alicyclic amines) is 1. The Morgan fingerprint density at radius 1 is 1.48 bits per heavy atom. The average molecular weight is 302 g/mol. The van der Waals surface area contributed by atoms with Crippen LogP contribution in [0, 0.1) is 13.8 Å². The van der Waals surface area contributed by atoms with Crippen molar-refractivity contribution in [2.45, 2.75) is 39.2 Å². The van der Waals surface area contributed by atoms with Crippen LogP contribution in [-0.2, 0) is 11.2 Å². The Morgan fingerprint density at radius 3 is 3.00 bits per heavy atom. The smallest absolute Gasteiger partial charge is 0.228 e. The predicted molar refractivity (Wildman–Crippen MR) is 81.0 cm³/mol. The predicted octanol–water partition coefficient (Wildman–Crippen LogP) is 2.46. The first-order valence-electron chi connectivity index (χ1n) is 7.13. The lowest BCUT2D eigenvalue weighted by molar-refractivity contribution is -0.131. The molecule has 2 aromatic heterocycles. The van der Waals surface area contributed by atoms with E-state index in [4.69, 9.17) is 0 Å². The Hall–Kier alpha value is -1.82.